The Bertz CT molecular complexity index is 694. The Morgan fingerprint density at radius 2 is 1.48 bits per heavy atom. The predicted octanol–water partition coefficient (Wildman–Crippen LogP) is 2.62. The van der Waals surface area contributed by atoms with Crippen molar-refractivity contribution >= 4 is 16.5 Å². The van der Waals surface area contributed by atoms with Crippen molar-refractivity contribution in [1.29, 1.82) is 0 Å². The Labute approximate surface area is 124 Å². The van der Waals surface area contributed by atoms with E-state index in [1.807, 2.05) is 12.1 Å². The zero-order valence-electron chi connectivity index (χ0n) is 12.7. The summed E-state index contributed by atoms with van der Waals surface area (Å²) in [6.45, 7) is 6.29. The molecule has 0 bridgehead atoms. The van der Waals surface area contributed by atoms with Gasteiger partial charge >= 0.3 is 0 Å². The quantitative estimate of drug-likeness (QED) is 0.823. The summed E-state index contributed by atoms with van der Waals surface area (Å²) in [6, 6.07) is 5.50. The van der Waals surface area contributed by atoms with Gasteiger partial charge in [-0.05, 0) is 31.0 Å². The van der Waals surface area contributed by atoms with Crippen molar-refractivity contribution in [3.63, 3.8) is 0 Å². The number of fused-ring (bicyclic) bond motifs is 1. The topological polar surface area (TPSA) is 69.0 Å². The van der Waals surface area contributed by atoms with E-state index < -0.39 is 0 Å². The number of rotatable bonds is 7. The van der Waals surface area contributed by atoms with Crippen LogP contribution in [0.5, 0.6) is 0 Å². The van der Waals surface area contributed by atoms with Gasteiger partial charge in [-0.15, -0.1) is 0 Å². The summed E-state index contributed by atoms with van der Waals surface area (Å²) in [5.74, 6) is 0. The lowest BCUT2D eigenvalue weighted by molar-refractivity contribution is 0.678. The van der Waals surface area contributed by atoms with Crippen LogP contribution in [0.2, 0.25) is 0 Å². The first-order valence-electron chi connectivity index (χ1n) is 7.67. The van der Waals surface area contributed by atoms with Gasteiger partial charge in [0.05, 0.1) is 10.8 Å². The summed E-state index contributed by atoms with van der Waals surface area (Å²) in [5.41, 5.74) is 0.502. The van der Waals surface area contributed by atoms with Crippen molar-refractivity contribution in [2.24, 2.45) is 0 Å². The number of hydrogen-bond donors (Lipinski definition) is 2. The fourth-order valence-corrected chi connectivity index (χ4v) is 2.43. The molecule has 0 amide bonds. The van der Waals surface area contributed by atoms with Gasteiger partial charge in [0, 0.05) is 18.8 Å². The lowest BCUT2D eigenvalue weighted by Gasteiger charge is -2.24. The summed E-state index contributed by atoms with van der Waals surface area (Å²) in [6.07, 6.45) is 4.51. The zero-order valence-corrected chi connectivity index (χ0v) is 12.7. The minimum absolute atomic E-state index is 0.252. The molecule has 0 radical (unpaired) electrons. The molecule has 0 saturated carbocycles. The lowest BCUT2D eigenvalue weighted by atomic mass is 10.1. The van der Waals surface area contributed by atoms with E-state index in [1.165, 1.54) is 0 Å². The number of nitrogens with zero attached hydrogens (tertiary/aromatic N) is 1. The molecule has 0 aliphatic rings. The molecule has 1 heterocycles. The molecule has 2 aromatic rings. The summed E-state index contributed by atoms with van der Waals surface area (Å²) in [7, 11) is 0. The van der Waals surface area contributed by atoms with Crippen molar-refractivity contribution in [2.45, 2.75) is 39.5 Å². The molecule has 1 aromatic carbocycles. The standard InChI is InChI=1S/C16H23N3O2/c1-3-5-9-19(10-6-4-2)12-7-8-13-14(11-12)16(21)18-17-15(13)20/h7-8,11H,3-6,9-10H2,1-2H3,(H,17,20)(H,18,21). The first-order valence-corrected chi connectivity index (χ1v) is 7.67. The van der Waals surface area contributed by atoms with Gasteiger partial charge in [-0.1, -0.05) is 26.7 Å². The van der Waals surface area contributed by atoms with E-state index in [0.29, 0.717) is 10.8 Å². The third kappa shape index (κ3) is 3.54. The number of benzene rings is 1. The molecule has 0 spiro atoms. The highest BCUT2D eigenvalue weighted by molar-refractivity contribution is 5.84. The van der Waals surface area contributed by atoms with E-state index in [2.05, 4.69) is 28.9 Å². The number of H-pyrrole nitrogens is 2. The third-order valence-electron chi connectivity index (χ3n) is 3.71. The van der Waals surface area contributed by atoms with E-state index in [4.69, 9.17) is 0 Å². The molecule has 0 aliphatic carbocycles. The fourth-order valence-electron chi connectivity index (χ4n) is 2.43. The van der Waals surface area contributed by atoms with Crippen LogP contribution in [0.1, 0.15) is 39.5 Å². The van der Waals surface area contributed by atoms with Gasteiger partial charge in [0.1, 0.15) is 0 Å². The molecule has 0 aliphatic heterocycles. The van der Waals surface area contributed by atoms with Gasteiger partial charge in [-0.3, -0.25) is 19.8 Å². The van der Waals surface area contributed by atoms with Gasteiger partial charge in [0.15, 0.2) is 0 Å². The van der Waals surface area contributed by atoms with Crippen LogP contribution in [0.25, 0.3) is 10.8 Å². The van der Waals surface area contributed by atoms with Gasteiger partial charge in [-0.25, -0.2) is 0 Å². The number of aromatic amines is 2. The Hall–Kier alpha value is -2.04. The van der Waals surface area contributed by atoms with Gasteiger partial charge in [0.2, 0.25) is 0 Å². The van der Waals surface area contributed by atoms with E-state index in [-0.39, 0.29) is 11.1 Å². The van der Waals surface area contributed by atoms with Gasteiger partial charge < -0.3 is 4.90 Å². The van der Waals surface area contributed by atoms with Crippen LogP contribution in [0, 0.1) is 0 Å². The van der Waals surface area contributed by atoms with Crippen LogP contribution in [0.4, 0.5) is 5.69 Å². The first-order chi connectivity index (χ1) is 10.2. The Kier molecular flexibility index (Phi) is 5.20. The van der Waals surface area contributed by atoms with Crippen LogP contribution in [-0.2, 0) is 0 Å². The largest absolute Gasteiger partial charge is 0.372 e. The van der Waals surface area contributed by atoms with Gasteiger partial charge in [-0.2, -0.15) is 0 Å². The molecule has 5 heteroatoms. The zero-order chi connectivity index (χ0) is 15.2. The number of aromatic nitrogens is 2. The smallest absolute Gasteiger partial charge is 0.270 e. The Morgan fingerprint density at radius 3 is 2.05 bits per heavy atom. The van der Waals surface area contributed by atoms with Crippen molar-refractivity contribution in [3.8, 4) is 0 Å². The highest BCUT2D eigenvalue weighted by Gasteiger charge is 2.09. The molecular weight excluding hydrogens is 266 g/mol. The highest BCUT2D eigenvalue weighted by Crippen LogP contribution is 2.19. The Balaban J connectivity index is 2.40. The lowest BCUT2D eigenvalue weighted by Crippen LogP contribution is -2.26. The first kappa shape index (κ1) is 15.4. The van der Waals surface area contributed by atoms with Crippen LogP contribution >= 0.6 is 0 Å². The van der Waals surface area contributed by atoms with Crippen molar-refractivity contribution in [1.82, 2.24) is 10.2 Å². The molecule has 2 N–H and O–H groups in total. The Morgan fingerprint density at radius 1 is 0.905 bits per heavy atom. The molecule has 2 rings (SSSR count). The average molecular weight is 289 g/mol. The minimum atomic E-state index is -0.259. The second-order valence-electron chi connectivity index (χ2n) is 5.33. The third-order valence-corrected chi connectivity index (χ3v) is 3.71. The maximum Gasteiger partial charge on any atom is 0.270 e. The fraction of sp³-hybridized carbons (Fsp3) is 0.500. The van der Waals surface area contributed by atoms with E-state index in [1.54, 1.807) is 6.07 Å². The molecule has 0 unspecified atom stereocenters. The maximum absolute atomic E-state index is 11.9. The van der Waals surface area contributed by atoms with Crippen LogP contribution in [0.3, 0.4) is 0 Å². The molecule has 0 fully saturated rings. The minimum Gasteiger partial charge on any atom is -0.372 e. The summed E-state index contributed by atoms with van der Waals surface area (Å²) < 4.78 is 0. The number of hydrogen-bond acceptors (Lipinski definition) is 3. The van der Waals surface area contributed by atoms with Crippen molar-refractivity contribution in [2.75, 3.05) is 18.0 Å². The number of nitrogens with one attached hydrogen (secondary N) is 2. The molecular formula is C16H23N3O2. The molecule has 0 atom stereocenters. The highest BCUT2D eigenvalue weighted by atomic mass is 16.1. The molecule has 5 nitrogen and oxygen atoms in total. The van der Waals surface area contributed by atoms with E-state index >= 15 is 0 Å². The summed E-state index contributed by atoms with van der Waals surface area (Å²) >= 11 is 0. The monoisotopic (exact) mass is 289 g/mol. The van der Waals surface area contributed by atoms with E-state index in [0.717, 1.165) is 44.5 Å². The normalized spacial score (nSPS) is 11.0. The maximum atomic E-state index is 11.9. The molecule has 1 aromatic heterocycles. The average Bonchev–Trinajstić information content (AvgIpc) is 2.51. The SMILES string of the molecule is CCCCN(CCCC)c1ccc2c(=O)[nH][nH]c(=O)c2c1. The molecule has 21 heavy (non-hydrogen) atoms. The van der Waals surface area contributed by atoms with Crippen molar-refractivity contribution < 1.29 is 0 Å². The molecule has 114 valence electrons. The second-order valence-corrected chi connectivity index (χ2v) is 5.33. The molecule has 0 saturated heterocycles. The van der Waals surface area contributed by atoms with Crippen molar-refractivity contribution in [3.05, 3.63) is 38.9 Å². The van der Waals surface area contributed by atoms with Crippen LogP contribution in [-0.4, -0.2) is 23.3 Å². The van der Waals surface area contributed by atoms with Crippen LogP contribution < -0.4 is 16.0 Å². The summed E-state index contributed by atoms with van der Waals surface area (Å²) in [5, 5.41) is 5.63. The predicted molar refractivity (Wildman–Crippen MR) is 87.2 cm³/mol. The van der Waals surface area contributed by atoms with Crippen LogP contribution in [0.15, 0.2) is 27.8 Å². The summed E-state index contributed by atoms with van der Waals surface area (Å²) in [4.78, 5) is 25.9. The van der Waals surface area contributed by atoms with Gasteiger partial charge in [0.25, 0.3) is 11.1 Å². The number of unbranched alkanes of at least 4 members (excludes halogenated alkanes) is 2. The second kappa shape index (κ2) is 7.11. The van der Waals surface area contributed by atoms with E-state index in [9.17, 15) is 9.59 Å². The number of anilines is 1.